The van der Waals surface area contributed by atoms with Crippen molar-refractivity contribution < 1.29 is 9.72 Å². The summed E-state index contributed by atoms with van der Waals surface area (Å²) in [6.45, 7) is 3.33. The number of carbonyl (C=O) groups excluding carboxylic acids is 1. The second kappa shape index (κ2) is 4.40. The molecule has 0 saturated heterocycles. The first-order valence-electron chi connectivity index (χ1n) is 5.30. The highest BCUT2D eigenvalue weighted by Gasteiger charge is 2.22. The second-order valence-electron chi connectivity index (χ2n) is 3.95. The monoisotopic (exact) mass is 245 g/mol. The summed E-state index contributed by atoms with van der Waals surface area (Å²) in [6, 6.07) is 2.99. The van der Waals surface area contributed by atoms with E-state index in [2.05, 4.69) is 9.97 Å². The number of rotatable bonds is 3. The van der Waals surface area contributed by atoms with Gasteiger partial charge >= 0.3 is 0 Å². The van der Waals surface area contributed by atoms with E-state index in [9.17, 15) is 14.9 Å². The van der Waals surface area contributed by atoms with Crippen LogP contribution in [-0.2, 0) is 0 Å². The Hall–Kier alpha value is -2.50. The molecule has 6 nitrogen and oxygen atoms in total. The molecule has 0 bridgehead atoms. The number of hydrogen-bond donors (Lipinski definition) is 1. The van der Waals surface area contributed by atoms with Crippen molar-refractivity contribution in [1.29, 1.82) is 0 Å². The fourth-order valence-electron chi connectivity index (χ4n) is 1.90. The predicted molar refractivity (Wildman–Crippen MR) is 64.6 cm³/mol. The van der Waals surface area contributed by atoms with E-state index < -0.39 is 4.92 Å². The van der Waals surface area contributed by atoms with Gasteiger partial charge in [0.15, 0.2) is 0 Å². The van der Waals surface area contributed by atoms with Gasteiger partial charge in [0.05, 0.1) is 17.4 Å². The van der Waals surface area contributed by atoms with Gasteiger partial charge < -0.3 is 4.98 Å². The summed E-state index contributed by atoms with van der Waals surface area (Å²) in [5.41, 5.74) is 1.70. The van der Waals surface area contributed by atoms with E-state index in [1.807, 2.05) is 0 Å². The molecule has 0 aliphatic heterocycles. The summed E-state index contributed by atoms with van der Waals surface area (Å²) in [4.78, 5) is 29.1. The van der Waals surface area contributed by atoms with Gasteiger partial charge in [-0.05, 0) is 19.4 Å². The molecule has 0 saturated carbocycles. The van der Waals surface area contributed by atoms with Crippen LogP contribution in [0.4, 0.5) is 5.69 Å². The maximum atomic E-state index is 12.2. The number of carbonyl (C=O) groups is 1. The Morgan fingerprint density at radius 3 is 2.67 bits per heavy atom. The van der Waals surface area contributed by atoms with Crippen molar-refractivity contribution in [3.05, 3.63) is 57.2 Å². The Kier molecular flexibility index (Phi) is 2.93. The standard InChI is InChI=1S/C12H11N3O3/c1-7-3-4-10(15(17)18)8(2)11(7)12(16)9-5-13-6-14-9/h3-6H,1-2H3,(H,13,14). The van der Waals surface area contributed by atoms with Crippen LogP contribution in [0.1, 0.15) is 27.2 Å². The van der Waals surface area contributed by atoms with Gasteiger partial charge in [0, 0.05) is 17.2 Å². The van der Waals surface area contributed by atoms with E-state index in [-0.39, 0.29) is 11.5 Å². The van der Waals surface area contributed by atoms with Crippen LogP contribution in [0.3, 0.4) is 0 Å². The lowest BCUT2D eigenvalue weighted by Gasteiger charge is -2.07. The van der Waals surface area contributed by atoms with Crippen LogP contribution in [0, 0.1) is 24.0 Å². The lowest BCUT2D eigenvalue weighted by Crippen LogP contribution is -2.08. The average Bonchev–Trinajstić information content (AvgIpc) is 2.81. The molecule has 18 heavy (non-hydrogen) atoms. The number of aryl methyl sites for hydroxylation is 1. The molecule has 0 spiro atoms. The van der Waals surface area contributed by atoms with Crippen molar-refractivity contribution in [3.63, 3.8) is 0 Å². The van der Waals surface area contributed by atoms with Crippen molar-refractivity contribution >= 4 is 11.5 Å². The molecular weight excluding hydrogens is 234 g/mol. The quantitative estimate of drug-likeness (QED) is 0.509. The molecule has 2 aromatic rings. The number of aromatic nitrogens is 2. The molecule has 1 aromatic heterocycles. The van der Waals surface area contributed by atoms with Crippen LogP contribution in [0.15, 0.2) is 24.7 Å². The highest BCUT2D eigenvalue weighted by atomic mass is 16.6. The van der Waals surface area contributed by atoms with Gasteiger partial charge in [-0.1, -0.05) is 6.07 Å². The van der Waals surface area contributed by atoms with Gasteiger partial charge in [-0.3, -0.25) is 14.9 Å². The number of hydrogen-bond acceptors (Lipinski definition) is 4. The molecule has 0 amide bonds. The molecule has 0 aliphatic carbocycles. The van der Waals surface area contributed by atoms with Gasteiger partial charge in [0.2, 0.25) is 5.78 Å². The van der Waals surface area contributed by atoms with E-state index >= 15 is 0 Å². The van der Waals surface area contributed by atoms with Crippen molar-refractivity contribution in [1.82, 2.24) is 9.97 Å². The summed E-state index contributed by atoms with van der Waals surface area (Å²) in [5, 5.41) is 10.9. The highest BCUT2D eigenvalue weighted by Crippen LogP contribution is 2.25. The molecule has 0 aliphatic rings. The number of H-pyrrole nitrogens is 1. The maximum absolute atomic E-state index is 12.2. The van der Waals surface area contributed by atoms with Crippen molar-refractivity contribution in [3.8, 4) is 0 Å². The van der Waals surface area contributed by atoms with E-state index in [4.69, 9.17) is 0 Å². The Labute approximate surface area is 103 Å². The lowest BCUT2D eigenvalue weighted by atomic mass is 9.96. The van der Waals surface area contributed by atoms with Crippen LogP contribution in [-0.4, -0.2) is 20.7 Å². The zero-order valence-corrected chi connectivity index (χ0v) is 9.93. The van der Waals surface area contributed by atoms with Gasteiger partial charge in [-0.2, -0.15) is 0 Å². The molecular formula is C12H11N3O3. The molecule has 1 N–H and O–H groups in total. The Balaban J connectivity index is 2.60. The van der Waals surface area contributed by atoms with Crippen molar-refractivity contribution in [2.45, 2.75) is 13.8 Å². The highest BCUT2D eigenvalue weighted by molar-refractivity contribution is 6.10. The van der Waals surface area contributed by atoms with Crippen LogP contribution < -0.4 is 0 Å². The van der Waals surface area contributed by atoms with Gasteiger partial charge in [-0.15, -0.1) is 0 Å². The topological polar surface area (TPSA) is 88.9 Å². The smallest absolute Gasteiger partial charge is 0.273 e. The number of imidazole rings is 1. The maximum Gasteiger partial charge on any atom is 0.273 e. The molecule has 0 fully saturated rings. The number of nitrogens with zero attached hydrogens (tertiary/aromatic N) is 2. The summed E-state index contributed by atoms with van der Waals surface area (Å²) >= 11 is 0. The number of aromatic amines is 1. The normalized spacial score (nSPS) is 10.3. The van der Waals surface area contributed by atoms with Gasteiger partial charge in [0.25, 0.3) is 5.69 Å². The number of nitro benzene ring substituents is 1. The van der Waals surface area contributed by atoms with Crippen LogP contribution in [0.25, 0.3) is 0 Å². The average molecular weight is 245 g/mol. The van der Waals surface area contributed by atoms with Crippen molar-refractivity contribution in [2.75, 3.05) is 0 Å². The number of nitro groups is 1. The zero-order valence-electron chi connectivity index (χ0n) is 9.93. The third kappa shape index (κ3) is 1.88. The first-order valence-corrected chi connectivity index (χ1v) is 5.30. The Morgan fingerprint density at radius 1 is 1.39 bits per heavy atom. The lowest BCUT2D eigenvalue weighted by molar-refractivity contribution is -0.385. The molecule has 0 radical (unpaired) electrons. The predicted octanol–water partition coefficient (Wildman–Crippen LogP) is 2.17. The summed E-state index contributed by atoms with van der Waals surface area (Å²) in [6.07, 6.45) is 2.80. The molecule has 0 atom stereocenters. The number of benzene rings is 1. The molecule has 92 valence electrons. The summed E-state index contributed by atoms with van der Waals surface area (Å²) in [7, 11) is 0. The number of nitrogens with one attached hydrogen (secondary N) is 1. The minimum Gasteiger partial charge on any atom is -0.342 e. The van der Waals surface area contributed by atoms with E-state index in [1.54, 1.807) is 19.9 Å². The summed E-state index contributed by atoms with van der Waals surface area (Å²) < 4.78 is 0. The largest absolute Gasteiger partial charge is 0.342 e. The second-order valence-corrected chi connectivity index (χ2v) is 3.95. The van der Waals surface area contributed by atoms with Crippen LogP contribution in [0.5, 0.6) is 0 Å². The Bertz CT molecular complexity index is 618. The number of ketones is 1. The minimum absolute atomic E-state index is 0.0523. The van der Waals surface area contributed by atoms with E-state index in [0.29, 0.717) is 22.4 Å². The third-order valence-corrected chi connectivity index (χ3v) is 2.81. The Morgan fingerprint density at radius 2 is 2.11 bits per heavy atom. The molecule has 2 rings (SSSR count). The van der Waals surface area contributed by atoms with Gasteiger partial charge in [-0.25, -0.2) is 4.98 Å². The van der Waals surface area contributed by atoms with Crippen LogP contribution in [0.2, 0.25) is 0 Å². The first-order chi connectivity index (χ1) is 8.52. The van der Waals surface area contributed by atoms with Crippen LogP contribution >= 0.6 is 0 Å². The van der Waals surface area contributed by atoms with E-state index in [0.717, 1.165) is 0 Å². The summed E-state index contributed by atoms with van der Waals surface area (Å²) in [5.74, 6) is -0.286. The first kappa shape index (κ1) is 12.0. The minimum atomic E-state index is -0.488. The van der Waals surface area contributed by atoms with Gasteiger partial charge in [0.1, 0.15) is 5.69 Å². The van der Waals surface area contributed by atoms with E-state index in [1.165, 1.54) is 18.6 Å². The molecule has 0 unspecified atom stereocenters. The molecule has 1 heterocycles. The zero-order chi connectivity index (χ0) is 13.3. The SMILES string of the molecule is Cc1ccc([N+](=O)[O-])c(C)c1C(=O)c1cnc[nH]1. The van der Waals surface area contributed by atoms with Crippen molar-refractivity contribution in [2.24, 2.45) is 0 Å². The fourth-order valence-corrected chi connectivity index (χ4v) is 1.90. The fraction of sp³-hybridized carbons (Fsp3) is 0.167. The molecule has 1 aromatic carbocycles. The molecule has 6 heteroatoms. The third-order valence-electron chi connectivity index (χ3n) is 2.81.